The highest BCUT2D eigenvalue weighted by Gasteiger charge is 2.31. The summed E-state index contributed by atoms with van der Waals surface area (Å²) in [6, 6.07) is 6.48. The average molecular weight is 529 g/mol. The molecule has 1 aromatic carbocycles. The van der Waals surface area contributed by atoms with Gasteiger partial charge in [0.05, 0.1) is 47.8 Å². The summed E-state index contributed by atoms with van der Waals surface area (Å²) in [6.07, 6.45) is 10.7. The molecule has 0 amide bonds. The first kappa shape index (κ1) is 24.1. The molecular weight excluding hydrogens is 496 g/mol. The van der Waals surface area contributed by atoms with Gasteiger partial charge in [0.1, 0.15) is 5.78 Å². The molecule has 10 nitrogen and oxygen atoms in total. The van der Waals surface area contributed by atoms with Crippen molar-refractivity contribution >= 4 is 28.8 Å². The number of hydrogen-bond acceptors (Lipinski definition) is 7. The summed E-state index contributed by atoms with van der Waals surface area (Å²) < 4.78 is 24.2. The molecular formula is C29H32N6O4. The summed E-state index contributed by atoms with van der Waals surface area (Å²) in [4.78, 5) is 11.7. The molecule has 0 N–H and O–H groups in total. The minimum absolute atomic E-state index is 0.0864. The van der Waals surface area contributed by atoms with E-state index in [-0.39, 0.29) is 18.1 Å². The maximum Gasteiger partial charge on any atom is 0.240 e. The first-order valence-corrected chi connectivity index (χ1v) is 13.8. The SMILES string of the molecule is Cc1c2c(nn1C1CC(=O)C1)OCCCOc1c(cnn1C)-c1ccc3c(c1)c(nn3C1CCCCO1)/C=C/2. The molecule has 7 rings (SSSR count). The lowest BCUT2D eigenvalue weighted by Crippen LogP contribution is -2.28. The van der Waals surface area contributed by atoms with Crippen LogP contribution in [0.1, 0.15) is 67.7 Å². The molecule has 2 aliphatic heterocycles. The Morgan fingerprint density at radius 3 is 2.67 bits per heavy atom. The summed E-state index contributed by atoms with van der Waals surface area (Å²) in [5, 5.41) is 15.3. The van der Waals surface area contributed by atoms with Crippen molar-refractivity contribution < 1.29 is 19.0 Å². The molecule has 0 spiro atoms. The van der Waals surface area contributed by atoms with E-state index >= 15 is 0 Å². The lowest BCUT2D eigenvalue weighted by atomic mass is 9.91. The molecule has 2 bridgehead atoms. The van der Waals surface area contributed by atoms with Crippen LogP contribution in [0.2, 0.25) is 0 Å². The van der Waals surface area contributed by atoms with Crippen LogP contribution in [0.5, 0.6) is 11.8 Å². The van der Waals surface area contributed by atoms with Gasteiger partial charge >= 0.3 is 0 Å². The van der Waals surface area contributed by atoms with E-state index in [0.717, 1.165) is 70.7 Å². The zero-order chi connectivity index (χ0) is 26.5. The molecule has 39 heavy (non-hydrogen) atoms. The second-order valence-corrected chi connectivity index (χ2v) is 10.6. The number of fused-ring (bicyclic) bond motifs is 4. The summed E-state index contributed by atoms with van der Waals surface area (Å²) in [5.41, 5.74) is 5.73. The lowest BCUT2D eigenvalue weighted by molar-refractivity contribution is -0.126. The van der Waals surface area contributed by atoms with E-state index in [2.05, 4.69) is 23.3 Å². The van der Waals surface area contributed by atoms with Crippen LogP contribution in [0.3, 0.4) is 0 Å². The Morgan fingerprint density at radius 2 is 1.85 bits per heavy atom. The number of aromatic nitrogens is 6. The van der Waals surface area contributed by atoms with Crippen molar-refractivity contribution in [3.63, 3.8) is 0 Å². The first-order valence-electron chi connectivity index (χ1n) is 13.8. The van der Waals surface area contributed by atoms with Crippen molar-refractivity contribution in [1.82, 2.24) is 29.3 Å². The fourth-order valence-electron chi connectivity index (χ4n) is 5.74. The van der Waals surface area contributed by atoms with E-state index in [0.29, 0.717) is 38.4 Å². The number of carbonyl (C=O) groups is 1. The highest BCUT2D eigenvalue weighted by molar-refractivity contribution is 5.93. The second kappa shape index (κ2) is 9.68. The molecule has 202 valence electrons. The molecule has 1 aliphatic carbocycles. The Morgan fingerprint density at radius 1 is 0.974 bits per heavy atom. The highest BCUT2D eigenvalue weighted by atomic mass is 16.5. The monoisotopic (exact) mass is 528 g/mol. The van der Waals surface area contributed by atoms with E-state index < -0.39 is 0 Å². The molecule has 3 aliphatic rings. The molecule has 2 fully saturated rings. The number of aryl methyl sites for hydroxylation is 1. The van der Waals surface area contributed by atoms with Crippen LogP contribution in [-0.4, -0.2) is 54.9 Å². The summed E-state index contributed by atoms with van der Waals surface area (Å²) in [5.74, 6) is 1.56. The molecule has 1 saturated heterocycles. The number of ketones is 1. The fraction of sp³-hybridized carbons (Fsp3) is 0.448. The van der Waals surface area contributed by atoms with Crippen molar-refractivity contribution in [2.75, 3.05) is 19.8 Å². The number of hydrogen-bond donors (Lipinski definition) is 0. The van der Waals surface area contributed by atoms with E-state index in [1.165, 1.54) is 0 Å². The lowest BCUT2D eigenvalue weighted by Gasteiger charge is -2.25. The van der Waals surface area contributed by atoms with Crippen LogP contribution in [-0.2, 0) is 16.6 Å². The van der Waals surface area contributed by atoms with Crippen molar-refractivity contribution in [3.05, 3.63) is 41.3 Å². The highest BCUT2D eigenvalue weighted by Crippen LogP contribution is 2.37. The van der Waals surface area contributed by atoms with E-state index in [1.807, 2.05) is 41.7 Å². The van der Waals surface area contributed by atoms with Crippen LogP contribution in [0.15, 0.2) is 24.4 Å². The number of carbonyl (C=O) groups excluding carboxylic acids is 1. The van der Waals surface area contributed by atoms with Gasteiger partial charge in [0.25, 0.3) is 0 Å². The molecule has 1 saturated carbocycles. The molecule has 1 unspecified atom stereocenters. The van der Waals surface area contributed by atoms with Gasteiger partial charge < -0.3 is 14.2 Å². The minimum Gasteiger partial charge on any atom is -0.477 e. The van der Waals surface area contributed by atoms with Gasteiger partial charge in [-0.25, -0.2) is 9.36 Å². The number of Topliss-reactive ketones (excluding diaryl/α,β-unsaturated/α-hetero) is 1. The zero-order valence-corrected chi connectivity index (χ0v) is 22.3. The summed E-state index contributed by atoms with van der Waals surface area (Å²) >= 11 is 0. The van der Waals surface area contributed by atoms with Crippen LogP contribution < -0.4 is 9.47 Å². The maximum absolute atomic E-state index is 11.7. The smallest absolute Gasteiger partial charge is 0.240 e. The van der Waals surface area contributed by atoms with Gasteiger partial charge in [-0.1, -0.05) is 6.07 Å². The third-order valence-corrected chi connectivity index (χ3v) is 7.97. The van der Waals surface area contributed by atoms with Gasteiger partial charge in [-0.05, 0) is 56.0 Å². The van der Waals surface area contributed by atoms with Crippen molar-refractivity contribution in [2.45, 2.75) is 57.7 Å². The molecule has 5 heterocycles. The van der Waals surface area contributed by atoms with Gasteiger partial charge in [0.15, 0.2) is 6.23 Å². The van der Waals surface area contributed by atoms with Crippen LogP contribution in [0.4, 0.5) is 0 Å². The molecule has 1 atom stereocenters. The Hall–Kier alpha value is -3.92. The quantitative estimate of drug-likeness (QED) is 0.366. The molecule has 3 aromatic heterocycles. The Bertz CT molecular complexity index is 1580. The van der Waals surface area contributed by atoms with Crippen LogP contribution in [0.25, 0.3) is 34.2 Å². The Labute approximate surface area is 226 Å². The maximum atomic E-state index is 11.7. The third-order valence-electron chi connectivity index (χ3n) is 7.97. The zero-order valence-electron chi connectivity index (χ0n) is 22.3. The predicted octanol–water partition coefficient (Wildman–Crippen LogP) is 4.88. The van der Waals surface area contributed by atoms with E-state index in [1.54, 1.807) is 4.68 Å². The van der Waals surface area contributed by atoms with Crippen molar-refractivity contribution in [2.24, 2.45) is 7.05 Å². The van der Waals surface area contributed by atoms with Crippen molar-refractivity contribution in [1.29, 1.82) is 0 Å². The standard InChI is InChI=1S/C29H32N6O4/c1-18-22-8-9-25-23-14-19(7-10-26(23)35(31-25)27-6-3-4-11-37-27)24-17-30-33(2)29(24)39-13-5-12-38-28(22)32-34(18)20-15-21(36)16-20/h7-10,14,17,20,27H,3-6,11-13,15-16H2,1-2H3/b9-8+. The number of benzene rings is 1. The summed E-state index contributed by atoms with van der Waals surface area (Å²) in [7, 11) is 1.89. The number of ether oxygens (including phenoxy) is 3. The molecule has 0 radical (unpaired) electrons. The van der Waals surface area contributed by atoms with Gasteiger partial charge in [-0.15, -0.1) is 5.10 Å². The average Bonchev–Trinajstić information content (AvgIpc) is 3.58. The van der Waals surface area contributed by atoms with Crippen LogP contribution in [0, 0.1) is 6.92 Å². The van der Waals surface area contributed by atoms with Gasteiger partial charge in [0, 0.05) is 44.0 Å². The van der Waals surface area contributed by atoms with Gasteiger partial charge in [-0.2, -0.15) is 10.2 Å². The topological polar surface area (TPSA) is 98.2 Å². The van der Waals surface area contributed by atoms with E-state index in [4.69, 9.17) is 24.4 Å². The molecule has 10 heteroatoms. The normalized spacial score (nSPS) is 20.9. The predicted molar refractivity (Wildman–Crippen MR) is 146 cm³/mol. The van der Waals surface area contributed by atoms with Crippen molar-refractivity contribution in [3.8, 4) is 22.9 Å². The Kier molecular flexibility index (Phi) is 5.99. The third kappa shape index (κ3) is 4.23. The minimum atomic E-state index is -0.0864. The number of rotatable bonds is 2. The first-order chi connectivity index (χ1) is 19.1. The second-order valence-electron chi connectivity index (χ2n) is 10.6. The molecule has 4 aromatic rings. The largest absolute Gasteiger partial charge is 0.477 e. The summed E-state index contributed by atoms with van der Waals surface area (Å²) in [6.45, 7) is 3.72. The van der Waals surface area contributed by atoms with E-state index in [9.17, 15) is 4.79 Å². The van der Waals surface area contributed by atoms with Gasteiger partial charge in [-0.3, -0.25) is 9.48 Å². The fourth-order valence-corrected chi connectivity index (χ4v) is 5.74. The Balaban J connectivity index is 1.37. The van der Waals surface area contributed by atoms with Crippen LogP contribution >= 0.6 is 0 Å². The van der Waals surface area contributed by atoms with Gasteiger partial charge in [0.2, 0.25) is 11.8 Å². The number of nitrogens with zero attached hydrogens (tertiary/aromatic N) is 6.